The quantitative estimate of drug-likeness (QED) is 0.843. The Morgan fingerprint density at radius 1 is 0.929 bits per heavy atom. The molecule has 1 heterocycles. The zero-order valence-electron chi connectivity index (χ0n) is 15.0. The third kappa shape index (κ3) is 5.25. The van der Waals surface area contributed by atoms with E-state index in [0.29, 0.717) is 5.56 Å². The van der Waals surface area contributed by atoms with Crippen molar-refractivity contribution >= 4 is 11.8 Å². The highest BCUT2D eigenvalue weighted by atomic mass is 19.4. The minimum Gasteiger partial charge on any atom is -0.406 e. The van der Waals surface area contributed by atoms with Crippen LogP contribution in [0.2, 0.25) is 0 Å². The smallest absolute Gasteiger partial charge is 0.406 e. The summed E-state index contributed by atoms with van der Waals surface area (Å²) in [5.41, 5.74) is 1.64. The van der Waals surface area contributed by atoms with Gasteiger partial charge in [0.25, 0.3) is 11.8 Å². The molecule has 1 fully saturated rings. The lowest BCUT2D eigenvalue weighted by atomic mass is 10.1. The standard InChI is InChI=1S/C20H19F3N2O3/c21-20(22,23)28-17-9-7-15(8-10-17)18(26)24-13-14-3-5-16(6-4-14)19(27)25-11-1-2-12-25/h3-10H,1-2,11-13H2,(H,24,26). The lowest BCUT2D eigenvalue weighted by Crippen LogP contribution is -2.27. The number of rotatable bonds is 5. The van der Waals surface area contributed by atoms with Crippen LogP contribution < -0.4 is 10.1 Å². The molecule has 8 heteroatoms. The molecule has 0 bridgehead atoms. The molecule has 0 radical (unpaired) electrons. The van der Waals surface area contributed by atoms with E-state index in [-0.39, 0.29) is 23.8 Å². The number of ether oxygens (including phenoxy) is 1. The summed E-state index contributed by atoms with van der Waals surface area (Å²) in [4.78, 5) is 26.3. The fourth-order valence-electron chi connectivity index (χ4n) is 2.96. The molecule has 2 amide bonds. The molecule has 1 aliphatic rings. The molecular formula is C20H19F3N2O3. The van der Waals surface area contributed by atoms with Crippen molar-refractivity contribution in [1.29, 1.82) is 0 Å². The Labute approximate surface area is 160 Å². The molecular weight excluding hydrogens is 373 g/mol. The van der Waals surface area contributed by atoms with Crippen LogP contribution in [0.5, 0.6) is 5.75 Å². The Bertz CT molecular complexity index is 827. The van der Waals surface area contributed by atoms with Gasteiger partial charge in [0.05, 0.1) is 0 Å². The highest BCUT2D eigenvalue weighted by Crippen LogP contribution is 2.22. The summed E-state index contributed by atoms with van der Waals surface area (Å²) in [7, 11) is 0. The van der Waals surface area contributed by atoms with Crippen molar-refractivity contribution in [3.05, 3.63) is 65.2 Å². The lowest BCUT2D eigenvalue weighted by molar-refractivity contribution is -0.274. The van der Waals surface area contributed by atoms with E-state index >= 15 is 0 Å². The maximum Gasteiger partial charge on any atom is 0.573 e. The number of nitrogens with one attached hydrogen (secondary N) is 1. The molecule has 2 aromatic rings. The monoisotopic (exact) mass is 392 g/mol. The molecule has 1 saturated heterocycles. The lowest BCUT2D eigenvalue weighted by Gasteiger charge is -2.15. The number of carbonyl (C=O) groups excluding carboxylic acids is 2. The summed E-state index contributed by atoms with van der Waals surface area (Å²) >= 11 is 0. The van der Waals surface area contributed by atoms with Gasteiger partial charge in [-0.2, -0.15) is 0 Å². The minimum absolute atomic E-state index is 0.00857. The zero-order chi connectivity index (χ0) is 20.1. The van der Waals surface area contributed by atoms with Crippen molar-refractivity contribution in [1.82, 2.24) is 10.2 Å². The van der Waals surface area contributed by atoms with E-state index in [1.54, 1.807) is 24.3 Å². The second-order valence-corrected chi connectivity index (χ2v) is 6.45. The predicted molar refractivity (Wildman–Crippen MR) is 95.9 cm³/mol. The van der Waals surface area contributed by atoms with Crippen molar-refractivity contribution < 1.29 is 27.5 Å². The highest BCUT2D eigenvalue weighted by Gasteiger charge is 2.31. The number of benzene rings is 2. The Morgan fingerprint density at radius 3 is 2.07 bits per heavy atom. The maximum absolute atomic E-state index is 12.3. The molecule has 0 spiro atoms. The first kappa shape index (κ1) is 19.7. The molecule has 0 unspecified atom stereocenters. The van der Waals surface area contributed by atoms with E-state index < -0.39 is 12.3 Å². The molecule has 0 aromatic heterocycles. The third-order valence-electron chi connectivity index (χ3n) is 4.40. The van der Waals surface area contributed by atoms with E-state index in [1.807, 2.05) is 4.90 Å². The summed E-state index contributed by atoms with van der Waals surface area (Å²) < 4.78 is 40.2. The maximum atomic E-state index is 12.3. The van der Waals surface area contributed by atoms with Crippen LogP contribution in [0.25, 0.3) is 0 Å². The second kappa shape index (κ2) is 8.33. The van der Waals surface area contributed by atoms with Gasteiger partial charge in [0.2, 0.25) is 0 Å². The van der Waals surface area contributed by atoms with E-state index in [4.69, 9.17) is 0 Å². The van der Waals surface area contributed by atoms with Crippen molar-refractivity contribution in [2.45, 2.75) is 25.7 Å². The molecule has 28 heavy (non-hydrogen) atoms. The van der Waals surface area contributed by atoms with Crippen LogP contribution in [0, 0.1) is 0 Å². The number of carbonyl (C=O) groups is 2. The van der Waals surface area contributed by atoms with Gasteiger partial charge in [-0.25, -0.2) is 0 Å². The van der Waals surface area contributed by atoms with E-state index in [9.17, 15) is 22.8 Å². The van der Waals surface area contributed by atoms with Crippen LogP contribution in [0.4, 0.5) is 13.2 Å². The summed E-state index contributed by atoms with van der Waals surface area (Å²) in [5, 5.41) is 2.69. The Hall–Kier alpha value is -3.03. The summed E-state index contributed by atoms with van der Waals surface area (Å²) in [5.74, 6) is -0.799. The van der Waals surface area contributed by atoms with Crippen LogP contribution in [0.3, 0.4) is 0 Å². The fraction of sp³-hybridized carbons (Fsp3) is 0.300. The number of nitrogens with zero attached hydrogens (tertiary/aromatic N) is 1. The van der Waals surface area contributed by atoms with Crippen LogP contribution in [-0.2, 0) is 6.54 Å². The largest absolute Gasteiger partial charge is 0.573 e. The highest BCUT2D eigenvalue weighted by molar-refractivity contribution is 5.95. The van der Waals surface area contributed by atoms with Gasteiger partial charge in [-0.15, -0.1) is 13.2 Å². The second-order valence-electron chi connectivity index (χ2n) is 6.45. The van der Waals surface area contributed by atoms with Gasteiger partial charge in [-0.1, -0.05) is 12.1 Å². The van der Waals surface area contributed by atoms with Crippen LogP contribution in [0.1, 0.15) is 39.1 Å². The molecule has 0 aliphatic carbocycles. The van der Waals surface area contributed by atoms with Crippen molar-refractivity contribution in [3.8, 4) is 5.75 Å². The van der Waals surface area contributed by atoms with Gasteiger partial charge in [0.15, 0.2) is 0 Å². The molecule has 5 nitrogen and oxygen atoms in total. The Balaban J connectivity index is 1.53. The van der Waals surface area contributed by atoms with Gasteiger partial charge in [-0.3, -0.25) is 9.59 Å². The SMILES string of the molecule is O=C(NCc1ccc(C(=O)N2CCCC2)cc1)c1ccc(OC(F)(F)F)cc1. The first-order valence-electron chi connectivity index (χ1n) is 8.84. The number of hydrogen-bond donors (Lipinski definition) is 1. The van der Waals surface area contributed by atoms with Crippen LogP contribution in [0.15, 0.2) is 48.5 Å². The number of hydrogen-bond acceptors (Lipinski definition) is 3. The number of amides is 2. The molecule has 3 rings (SSSR count). The zero-order valence-corrected chi connectivity index (χ0v) is 15.0. The number of halogens is 3. The van der Waals surface area contributed by atoms with Crippen molar-refractivity contribution in [3.63, 3.8) is 0 Å². The van der Waals surface area contributed by atoms with E-state index in [2.05, 4.69) is 10.1 Å². The average molecular weight is 392 g/mol. The fourth-order valence-corrected chi connectivity index (χ4v) is 2.96. The first-order valence-corrected chi connectivity index (χ1v) is 8.84. The summed E-state index contributed by atoms with van der Waals surface area (Å²) in [6, 6.07) is 11.7. The van der Waals surface area contributed by atoms with Crippen LogP contribution >= 0.6 is 0 Å². The minimum atomic E-state index is -4.77. The third-order valence-corrected chi connectivity index (χ3v) is 4.40. The molecule has 0 saturated carbocycles. The van der Waals surface area contributed by atoms with Gasteiger partial charge < -0.3 is 15.0 Å². The predicted octanol–water partition coefficient (Wildman–Crippen LogP) is 3.75. The van der Waals surface area contributed by atoms with E-state index in [0.717, 1.165) is 43.6 Å². The summed E-state index contributed by atoms with van der Waals surface area (Å²) in [6.07, 6.45) is -2.72. The van der Waals surface area contributed by atoms with E-state index in [1.165, 1.54) is 12.1 Å². The molecule has 1 N–H and O–H groups in total. The molecule has 1 aliphatic heterocycles. The van der Waals surface area contributed by atoms with Gasteiger partial charge in [0.1, 0.15) is 5.75 Å². The van der Waals surface area contributed by atoms with Crippen molar-refractivity contribution in [2.75, 3.05) is 13.1 Å². The Kier molecular flexibility index (Phi) is 5.87. The van der Waals surface area contributed by atoms with Crippen LogP contribution in [-0.4, -0.2) is 36.2 Å². The Morgan fingerprint density at radius 2 is 1.50 bits per heavy atom. The molecule has 148 valence electrons. The van der Waals surface area contributed by atoms with Gasteiger partial charge >= 0.3 is 6.36 Å². The van der Waals surface area contributed by atoms with Gasteiger partial charge in [0, 0.05) is 30.8 Å². The first-order chi connectivity index (χ1) is 13.3. The number of likely N-dealkylation sites (tertiary alicyclic amines) is 1. The topological polar surface area (TPSA) is 58.6 Å². The summed E-state index contributed by atoms with van der Waals surface area (Å²) in [6.45, 7) is 1.80. The molecule has 2 aromatic carbocycles. The number of alkyl halides is 3. The average Bonchev–Trinajstić information content (AvgIpc) is 3.20. The normalized spacial score (nSPS) is 14.0. The van der Waals surface area contributed by atoms with Crippen molar-refractivity contribution in [2.24, 2.45) is 0 Å². The van der Waals surface area contributed by atoms with Gasteiger partial charge in [-0.05, 0) is 54.8 Å². The molecule has 0 atom stereocenters.